The molecule has 0 spiro atoms. The van der Waals surface area contributed by atoms with Crippen molar-refractivity contribution in [1.29, 1.82) is 0 Å². The van der Waals surface area contributed by atoms with Gasteiger partial charge in [-0.05, 0) is 18.8 Å². The van der Waals surface area contributed by atoms with E-state index in [0.717, 1.165) is 19.3 Å². The largest absolute Gasteiger partial charge is 0.481 e. The Kier molecular flexibility index (Phi) is 21.0. The van der Waals surface area contributed by atoms with Crippen molar-refractivity contribution in [2.45, 2.75) is 105 Å². The van der Waals surface area contributed by atoms with E-state index in [1.807, 2.05) is 0 Å². The molecule has 0 aromatic carbocycles. The van der Waals surface area contributed by atoms with E-state index in [1.165, 1.54) is 58.3 Å². The van der Waals surface area contributed by atoms with Crippen LogP contribution in [-0.4, -0.2) is 23.7 Å². The van der Waals surface area contributed by atoms with Crippen LogP contribution < -0.4 is 0 Å². The van der Waals surface area contributed by atoms with Gasteiger partial charge in [0.15, 0.2) is 0 Å². The minimum atomic E-state index is -0.663. The van der Waals surface area contributed by atoms with Crippen molar-refractivity contribution in [3.05, 3.63) is 0 Å². The summed E-state index contributed by atoms with van der Waals surface area (Å²) in [4.78, 5) is 20.7. The predicted molar refractivity (Wildman–Crippen MR) is 100 cm³/mol. The van der Waals surface area contributed by atoms with E-state index in [4.69, 9.17) is 9.84 Å². The second-order valence-corrected chi connectivity index (χ2v) is 6.48. The zero-order chi connectivity index (χ0) is 18.6. The first kappa shape index (κ1) is 25.2. The number of carboxylic acids is 1. The molecule has 4 heteroatoms. The van der Waals surface area contributed by atoms with Crippen LogP contribution in [0.1, 0.15) is 105 Å². The van der Waals surface area contributed by atoms with E-state index in [2.05, 4.69) is 20.8 Å². The molecule has 144 valence electrons. The number of hydrogen-bond acceptors (Lipinski definition) is 3. The highest BCUT2D eigenvalue weighted by molar-refractivity contribution is 5.66. The monoisotopic (exact) mass is 344 g/mol. The second kappa shape index (κ2) is 20.0. The first-order valence-corrected chi connectivity index (χ1v) is 9.82. The quantitative estimate of drug-likeness (QED) is 0.311. The summed E-state index contributed by atoms with van der Waals surface area (Å²) in [6.07, 6.45) is 13.4. The van der Waals surface area contributed by atoms with E-state index in [9.17, 15) is 9.59 Å². The predicted octanol–water partition coefficient (Wildman–Crippen LogP) is 5.98. The summed E-state index contributed by atoms with van der Waals surface area (Å²) in [7, 11) is 0. The van der Waals surface area contributed by atoms with Crippen molar-refractivity contribution in [3.63, 3.8) is 0 Å². The van der Waals surface area contributed by atoms with Gasteiger partial charge in [0.05, 0.1) is 6.61 Å². The highest BCUT2D eigenvalue weighted by Gasteiger charge is 2.06. The molecule has 0 aromatic rings. The first-order valence-electron chi connectivity index (χ1n) is 9.82. The SMILES string of the molecule is CCCCC(CC)COC(C)=O.CCCCCCCCCC(=O)O. The Bertz CT molecular complexity index is 289. The molecule has 0 rings (SSSR count). The van der Waals surface area contributed by atoms with Gasteiger partial charge in [0.1, 0.15) is 0 Å². The normalized spacial score (nSPS) is 11.3. The second-order valence-electron chi connectivity index (χ2n) is 6.48. The fourth-order valence-electron chi connectivity index (χ4n) is 2.37. The number of esters is 1. The van der Waals surface area contributed by atoms with Crippen molar-refractivity contribution in [2.24, 2.45) is 5.92 Å². The molecule has 24 heavy (non-hydrogen) atoms. The molecule has 0 fully saturated rings. The Morgan fingerprint density at radius 1 is 0.875 bits per heavy atom. The number of aliphatic carboxylic acids is 1. The van der Waals surface area contributed by atoms with Crippen molar-refractivity contribution < 1.29 is 19.4 Å². The Hall–Kier alpha value is -1.06. The van der Waals surface area contributed by atoms with E-state index in [-0.39, 0.29) is 5.97 Å². The molecule has 0 amide bonds. The van der Waals surface area contributed by atoms with Gasteiger partial charge in [-0.2, -0.15) is 0 Å². The van der Waals surface area contributed by atoms with Gasteiger partial charge in [-0.3, -0.25) is 9.59 Å². The third-order valence-corrected chi connectivity index (χ3v) is 4.06. The lowest BCUT2D eigenvalue weighted by Crippen LogP contribution is -2.11. The first-order chi connectivity index (χ1) is 11.5. The topological polar surface area (TPSA) is 63.6 Å². The molecule has 1 atom stereocenters. The summed E-state index contributed by atoms with van der Waals surface area (Å²) >= 11 is 0. The molecule has 0 saturated carbocycles. The number of carboxylic acid groups (broad SMARTS) is 1. The van der Waals surface area contributed by atoms with Crippen molar-refractivity contribution in [1.82, 2.24) is 0 Å². The average Bonchev–Trinajstić information content (AvgIpc) is 2.54. The van der Waals surface area contributed by atoms with Gasteiger partial charge in [0, 0.05) is 13.3 Å². The average molecular weight is 345 g/mol. The molecule has 1 N–H and O–H groups in total. The van der Waals surface area contributed by atoms with E-state index < -0.39 is 5.97 Å². The molecule has 0 heterocycles. The van der Waals surface area contributed by atoms with E-state index in [1.54, 1.807) is 0 Å². The summed E-state index contributed by atoms with van der Waals surface area (Å²) < 4.78 is 4.95. The maximum Gasteiger partial charge on any atom is 0.303 e. The van der Waals surface area contributed by atoms with Gasteiger partial charge in [-0.25, -0.2) is 0 Å². The summed E-state index contributed by atoms with van der Waals surface area (Å²) in [6.45, 7) is 8.59. The summed E-state index contributed by atoms with van der Waals surface area (Å²) in [6, 6.07) is 0. The van der Waals surface area contributed by atoms with Crippen LogP contribution in [-0.2, 0) is 14.3 Å². The summed E-state index contributed by atoms with van der Waals surface area (Å²) in [5, 5.41) is 8.35. The molecule has 0 saturated heterocycles. The van der Waals surface area contributed by atoms with Crippen LogP contribution in [0, 0.1) is 5.92 Å². The third-order valence-electron chi connectivity index (χ3n) is 4.06. The van der Waals surface area contributed by atoms with Crippen LogP contribution in [0.3, 0.4) is 0 Å². The van der Waals surface area contributed by atoms with Gasteiger partial charge < -0.3 is 9.84 Å². The molecule has 0 bridgehead atoms. The molecule has 0 aromatic heterocycles. The molecule has 0 aliphatic rings. The van der Waals surface area contributed by atoms with Gasteiger partial charge in [0.2, 0.25) is 0 Å². The van der Waals surface area contributed by atoms with Crippen LogP contribution in [0.15, 0.2) is 0 Å². The van der Waals surface area contributed by atoms with Gasteiger partial charge in [-0.15, -0.1) is 0 Å². The van der Waals surface area contributed by atoms with Gasteiger partial charge in [0.25, 0.3) is 0 Å². The number of carbonyl (C=O) groups is 2. The third kappa shape index (κ3) is 23.2. The van der Waals surface area contributed by atoms with Crippen LogP contribution >= 0.6 is 0 Å². The van der Waals surface area contributed by atoms with E-state index >= 15 is 0 Å². The standard InChI is InChI=1S/2C10H20O2/c1-4-6-7-10(5-2)8-12-9(3)11;1-2-3-4-5-6-7-8-9-10(11)12/h10H,4-8H2,1-3H3;2-9H2,1H3,(H,11,12). The van der Waals surface area contributed by atoms with Crippen LogP contribution in [0.4, 0.5) is 0 Å². The Morgan fingerprint density at radius 2 is 1.42 bits per heavy atom. The van der Waals surface area contributed by atoms with Crippen LogP contribution in [0.25, 0.3) is 0 Å². The molecule has 1 unspecified atom stereocenters. The zero-order valence-electron chi connectivity index (χ0n) is 16.4. The highest BCUT2D eigenvalue weighted by Crippen LogP contribution is 2.12. The summed E-state index contributed by atoms with van der Waals surface area (Å²) in [5.41, 5.74) is 0. The van der Waals surface area contributed by atoms with Crippen LogP contribution in [0.5, 0.6) is 0 Å². The fourth-order valence-corrected chi connectivity index (χ4v) is 2.37. The van der Waals surface area contributed by atoms with Crippen molar-refractivity contribution in [2.75, 3.05) is 6.61 Å². The Morgan fingerprint density at radius 3 is 1.88 bits per heavy atom. The zero-order valence-corrected chi connectivity index (χ0v) is 16.4. The maximum atomic E-state index is 10.5. The van der Waals surface area contributed by atoms with Crippen molar-refractivity contribution in [3.8, 4) is 0 Å². The molecule has 0 radical (unpaired) electrons. The number of rotatable bonds is 14. The lowest BCUT2D eigenvalue weighted by atomic mass is 10.0. The number of unbranched alkanes of at least 4 members (excludes halogenated alkanes) is 7. The lowest BCUT2D eigenvalue weighted by Gasteiger charge is -2.13. The minimum Gasteiger partial charge on any atom is -0.481 e. The molecule has 0 aliphatic heterocycles. The van der Waals surface area contributed by atoms with Gasteiger partial charge >= 0.3 is 11.9 Å². The Balaban J connectivity index is 0. The van der Waals surface area contributed by atoms with Crippen LogP contribution in [0.2, 0.25) is 0 Å². The number of carbonyl (C=O) groups excluding carboxylic acids is 1. The lowest BCUT2D eigenvalue weighted by molar-refractivity contribution is -0.142. The Labute approximate surface area is 149 Å². The van der Waals surface area contributed by atoms with Gasteiger partial charge in [-0.1, -0.05) is 78.6 Å². The molecule has 4 nitrogen and oxygen atoms in total. The number of ether oxygens (including phenoxy) is 1. The highest BCUT2D eigenvalue weighted by atomic mass is 16.5. The maximum absolute atomic E-state index is 10.5. The smallest absolute Gasteiger partial charge is 0.303 e. The minimum absolute atomic E-state index is 0.162. The summed E-state index contributed by atoms with van der Waals surface area (Å²) in [5.74, 6) is -0.262. The van der Waals surface area contributed by atoms with E-state index in [0.29, 0.717) is 18.9 Å². The number of hydrogen-bond donors (Lipinski definition) is 1. The van der Waals surface area contributed by atoms with Crippen molar-refractivity contribution >= 4 is 11.9 Å². The molecule has 0 aliphatic carbocycles. The molecular weight excluding hydrogens is 304 g/mol. The molecular formula is C20H40O4. The fraction of sp³-hybridized carbons (Fsp3) is 0.900.